The van der Waals surface area contributed by atoms with Crippen molar-refractivity contribution in [3.63, 3.8) is 0 Å². The second-order valence-corrected chi connectivity index (χ2v) is 5.47. The second kappa shape index (κ2) is 8.63. The van der Waals surface area contributed by atoms with Crippen molar-refractivity contribution in [2.75, 3.05) is 6.54 Å². The molecule has 2 aromatic rings. The van der Waals surface area contributed by atoms with Gasteiger partial charge in [0.2, 0.25) is 0 Å². The van der Waals surface area contributed by atoms with Crippen molar-refractivity contribution in [1.29, 1.82) is 0 Å². The topological polar surface area (TPSA) is 83.9 Å². The van der Waals surface area contributed by atoms with E-state index in [0.29, 0.717) is 5.56 Å². The first-order chi connectivity index (χ1) is 12.0. The number of hydrogen-bond acceptors (Lipinski definition) is 4. The number of carboxylic acids is 1. The predicted octanol–water partition coefficient (Wildman–Crippen LogP) is 2.98. The highest BCUT2D eigenvalue weighted by atomic mass is 16.6. The monoisotopic (exact) mass is 341 g/mol. The number of carbonyl (C=O) groups is 3. The molecule has 0 heterocycles. The van der Waals surface area contributed by atoms with Crippen LogP contribution < -0.4 is 0 Å². The highest BCUT2D eigenvalue weighted by Crippen LogP contribution is 2.09. The number of ketones is 1. The Balaban J connectivity index is 2.08. The van der Waals surface area contributed by atoms with Crippen LogP contribution in [0.4, 0.5) is 4.79 Å². The van der Waals surface area contributed by atoms with Crippen LogP contribution in [0.2, 0.25) is 0 Å². The van der Waals surface area contributed by atoms with Gasteiger partial charge in [-0.05, 0) is 12.5 Å². The van der Waals surface area contributed by atoms with Crippen LogP contribution >= 0.6 is 0 Å². The molecule has 2 rings (SSSR count). The number of amides is 1. The standard InChI is InChI=1S/C19H19NO5/c1-14(18(22)23)20(12-17(21)16-10-6-3-7-11-16)19(24)25-13-15-8-4-2-5-9-15/h2-11,14H,12-13H2,1H3,(H,22,23). The van der Waals surface area contributed by atoms with Gasteiger partial charge in [-0.2, -0.15) is 0 Å². The van der Waals surface area contributed by atoms with Gasteiger partial charge in [0.25, 0.3) is 0 Å². The zero-order valence-corrected chi connectivity index (χ0v) is 13.8. The van der Waals surface area contributed by atoms with E-state index in [4.69, 9.17) is 4.74 Å². The zero-order chi connectivity index (χ0) is 18.2. The number of nitrogens with zero attached hydrogens (tertiary/aromatic N) is 1. The third kappa shape index (κ3) is 5.17. The molecule has 0 aliphatic rings. The summed E-state index contributed by atoms with van der Waals surface area (Å²) in [6.45, 7) is 0.970. The van der Waals surface area contributed by atoms with E-state index in [0.717, 1.165) is 10.5 Å². The van der Waals surface area contributed by atoms with Crippen molar-refractivity contribution in [1.82, 2.24) is 4.90 Å². The number of aliphatic carboxylic acids is 1. The Morgan fingerprint density at radius 2 is 1.56 bits per heavy atom. The largest absolute Gasteiger partial charge is 0.480 e. The number of ether oxygens (including phenoxy) is 1. The van der Waals surface area contributed by atoms with E-state index in [1.807, 2.05) is 6.07 Å². The van der Waals surface area contributed by atoms with Gasteiger partial charge in [-0.25, -0.2) is 9.59 Å². The molecule has 1 atom stereocenters. The van der Waals surface area contributed by atoms with E-state index in [-0.39, 0.29) is 18.9 Å². The fourth-order valence-electron chi connectivity index (χ4n) is 2.17. The first-order valence-electron chi connectivity index (χ1n) is 7.77. The maximum atomic E-state index is 12.3. The van der Waals surface area contributed by atoms with Crippen LogP contribution in [0.5, 0.6) is 0 Å². The molecule has 0 aliphatic heterocycles. The number of rotatable bonds is 7. The lowest BCUT2D eigenvalue weighted by Crippen LogP contribution is -2.46. The molecule has 1 N–H and O–H groups in total. The maximum Gasteiger partial charge on any atom is 0.411 e. The lowest BCUT2D eigenvalue weighted by atomic mass is 10.1. The first-order valence-corrected chi connectivity index (χ1v) is 7.77. The third-order valence-corrected chi connectivity index (χ3v) is 3.67. The minimum absolute atomic E-state index is 0.00202. The van der Waals surface area contributed by atoms with Crippen LogP contribution in [0.25, 0.3) is 0 Å². The molecular formula is C19H19NO5. The fourth-order valence-corrected chi connectivity index (χ4v) is 2.17. The minimum Gasteiger partial charge on any atom is -0.480 e. The Morgan fingerprint density at radius 3 is 2.12 bits per heavy atom. The Bertz CT molecular complexity index is 730. The van der Waals surface area contributed by atoms with Crippen molar-refractivity contribution in [2.24, 2.45) is 0 Å². The van der Waals surface area contributed by atoms with E-state index in [2.05, 4.69) is 0 Å². The van der Waals surface area contributed by atoms with Crippen molar-refractivity contribution in [2.45, 2.75) is 19.6 Å². The molecule has 0 saturated carbocycles. The van der Waals surface area contributed by atoms with Gasteiger partial charge >= 0.3 is 12.1 Å². The lowest BCUT2D eigenvalue weighted by Gasteiger charge is -2.25. The van der Waals surface area contributed by atoms with Gasteiger partial charge in [0.15, 0.2) is 5.78 Å². The molecule has 0 aromatic heterocycles. The molecule has 0 saturated heterocycles. The summed E-state index contributed by atoms with van der Waals surface area (Å²) in [6, 6.07) is 16.2. The van der Waals surface area contributed by atoms with E-state index in [1.54, 1.807) is 54.6 Å². The van der Waals surface area contributed by atoms with E-state index >= 15 is 0 Å². The lowest BCUT2D eigenvalue weighted by molar-refractivity contribution is -0.141. The summed E-state index contributed by atoms with van der Waals surface area (Å²) in [5.41, 5.74) is 1.18. The van der Waals surface area contributed by atoms with Crippen LogP contribution in [0.3, 0.4) is 0 Å². The fraction of sp³-hybridized carbons (Fsp3) is 0.211. The molecule has 0 radical (unpaired) electrons. The summed E-state index contributed by atoms with van der Waals surface area (Å²) >= 11 is 0. The van der Waals surface area contributed by atoms with Crippen LogP contribution in [-0.2, 0) is 16.1 Å². The number of carbonyl (C=O) groups excluding carboxylic acids is 2. The normalized spacial score (nSPS) is 11.4. The van der Waals surface area contributed by atoms with Crippen molar-refractivity contribution in [3.05, 3.63) is 71.8 Å². The molecule has 6 nitrogen and oxygen atoms in total. The van der Waals surface area contributed by atoms with Gasteiger partial charge in [0.05, 0.1) is 6.54 Å². The highest BCUT2D eigenvalue weighted by molar-refractivity contribution is 5.99. The Morgan fingerprint density at radius 1 is 1.00 bits per heavy atom. The highest BCUT2D eigenvalue weighted by Gasteiger charge is 2.29. The van der Waals surface area contributed by atoms with Crippen molar-refractivity contribution >= 4 is 17.8 Å². The molecule has 0 bridgehead atoms. The Hall–Kier alpha value is -3.15. The van der Waals surface area contributed by atoms with Crippen LogP contribution in [0, 0.1) is 0 Å². The number of carboxylic acid groups (broad SMARTS) is 1. The van der Waals surface area contributed by atoms with Gasteiger partial charge in [0.1, 0.15) is 12.6 Å². The molecular weight excluding hydrogens is 322 g/mol. The molecule has 0 spiro atoms. The summed E-state index contributed by atoms with van der Waals surface area (Å²) in [5, 5.41) is 9.21. The number of hydrogen-bond donors (Lipinski definition) is 1. The first kappa shape index (κ1) is 18.2. The molecule has 130 valence electrons. The average Bonchev–Trinajstić information content (AvgIpc) is 2.64. The van der Waals surface area contributed by atoms with Gasteiger partial charge < -0.3 is 9.84 Å². The van der Waals surface area contributed by atoms with E-state index in [9.17, 15) is 19.5 Å². The summed E-state index contributed by atoms with van der Waals surface area (Å²) in [7, 11) is 0. The summed E-state index contributed by atoms with van der Waals surface area (Å²) in [6.07, 6.45) is -0.844. The molecule has 2 aromatic carbocycles. The smallest absolute Gasteiger partial charge is 0.411 e. The molecule has 25 heavy (non-hydrogen) atoms. The minimum atomic E-state index is -1.21. The van der Waals surface area contributed by atoms with Crippen LogP contribution in [0.1, 0.15) is 22.8 Å². The van der Waals surface area contributed by atoms with E-state index < -0.39 is 18.1 Å². The quantitative estimate of drug-likeness (QED) is 0.783. The van der Waals surface area contributed by atoms with Gasteiger partial charge in [-0.1, -0.05) is 60.7 Å². The maximum absolute atomic E-state index is 12.3. The van der Waals surface area contributed by atoms with Gasteiger partial charge in [0, 0.05) is 5.56 Å². The van der Waals surface area contributed by atoms with Crippen LogP contribution in [-0.4, -0.2) is 40.4 Å². The van der Waals surface area contributed by atoms with Gasteiger partial charge in [-0.3, -0.25) is 9.69 Å². The molecule has 1 amide bonds. The van der Waals surface area contributed by atoms with Gasteiger partial charge in [-0.15, -0.1) is 0 Å². The Kier molecular flexibility index (Phi) is 6.28. The Labute approximate surface area is 145 Å². The SMILES string of the molecule is CC(C(=O)O)N(CC(=O)c1ccccc1)C(=O)OCc1ccccc1. The molecule has 1 unspecified atom stereocenters. The second-order valence-electron chi connectivity index (χ2n) is 5.47. The van der Waals surface area contributed by atoms with Crippen LogP contribution in [0.15, 0.2) is 60.7 Å². The summed E-state index contributed by atoms with van der Waals surface area (Å²) in [4.78, 5) is 36.8. The van der Waals surface area contributed by atoms with Crippen molar-refractivity contribution in [3.8, 4) is 0 Å². The summed E-state index contributed by atoms with van der Waals surface area (Å²) < 4.78 is 5.17. The average molecular weight is 341 g/mol. The number of benzene rings is 2. The number of Topliss-reactive ketones (excluding diaryl/α,β-unsaturated/α-hetero) is 1. The van der Waals surface area contributed by atoms with E-state index in [1.165, 1.54) is 6.92 Å². The molecule has 0 fully saturated rings. The molecule has 6 heteroatoms. The molecule has 0 aliphatic carbocycles. The predicted molar refractivity (Wildman–Crippen MR) is 91.2 cm³/mol. The zero-order valence-electron chi connectivity index (χ0n) is 13.8. The third-order valence-electron chi connectivity index (χ3n) is 3.67. The summed E-state index contributed by atoms with van der Waals surface area (Å²) in [5.74, 6) is -1.57. The van der Waals surface area contributed by atoms with Crippen molar-refractivity contribution < 1.29 is 24.2 Å².